The van der Waals surface area contributed by atoms with Crippen molar-refractivity contribution >= 4 is 128 Å². The van der Waals surface area contributed by atoms with E-state index in [-0.39, 0.29) is 157 Å². The van der Waals surface area contributed by atoms with Gasteiger partial charge >= 0.3 is 35.2 Å². The first-order valence-electron chi connectivity index (χ1n) is 21.0. The van der Waals surface area contributed by atoms with Gasteiger partial charge in [0, 0.05) is 37.9 Å². The Morgan fingerprint density at radius 3 is 1.38 bits per heavy atom. The predicted molar refractivity (Wildman–Crippen MR) is 288 cm³/mol. The normalized spacial score (nSPS) is 22.0. The minimum Gasteiger partial charge on any atom is -1.00 e. The summed E-state index contributed by atoms with van der Waals surface area (Å²) in [6.07, 6.45) is 12.0. The number of likely N-dealkylation sites (tertiary alicyclic amines) is 2. The van der Waals surface area contributed by atoms with Gasteiger partial charge in [-0.25, -0.2) is 14.7 Å². The summed E-state index contributed by atoms with van der Waals surface area (Å²) >= 11 is 0. The molecule has 2 aromatic rings. The number of carbonyl (C=O) groups excluding carboxylic acids is 4. The number of nitrogens with zero attached hydrogens (tertiary/aromatic N) is 3. The summed E-state index contributed by atoms with van der Waals surface area (Å²) < 4.78 is 16.1. The van der Waals surface area contributed by atoms with Crippen molar-refractivity contribution in [2.45, 2.75) is 154 Å². The van der Waals surface area contributed by atoms with Crippen LogP contribution in [0.5, 0.6) is 0 Å². The smallest absolute Gasteiger partial charge is 1.00 e. The number of hydrogen-bond acceptors (Lipinski definition) is 8. The van der Waals surface area contributed by atoms with Gasteiger partial charge in [-0.15, -0.1) is 0 Å². The fraction of sp³-hybridized carbons (Fsp3) is 0.652. The van der Waals surface area contributed by atoms with Crippen LogP contribution >= 0.6 is 81.0 Å². The Morgan fingerprint density at radius 1 is 0.631 bits per heavy atom. The van der Waals surface area contributed by atoms with Crippen LogP contribution in [0.1, 0.15) is 129 Å². The van der Waals surface area contributed by atoms with E-state index >= 15 is 0 Å². The Kier molecular flexibility index (Phi) is 41.0. The molecule has 2 saturated carbocycles. The molecule has 372 valence electrons. The summed E-state index contributed by atoms with van der Waals surface area (Å²) in [6, 6.07) is 21.2. The second-order valence-corrected chi connectivity index (χ2v) is 17.6. The Morgan fingerprint density at radius 2 is 1.03 bits per heavy atom. The number of Topliss-reactive ketones (excluding diaryl/α,β-unsaturated/α-hetero) is 1. The molecule has 0 N–H and O–H groups in total. The van der Waals surface area contributed by atoms with Crippen LogP contribution in [-0.2, 0) is 23.8 Å². The van der Waals surface area contributed by atoms with Crippen LogP contribution in [-0.4, -0.2) is 125 Å². The SMILES string of the molecule is C1CCOC1.CC(C)(C)OC(=O)N1[C@H](C(=O)c2ccccc2)C[C@@H]2CCCC[C@@H]21.CON(C)C(=O)[C@@H]1C[C@@H]2CCCC[C@@H]2N1C(=O)OC(C)(C)C.S.S.S.S.S.S.[Br-].[Mg+2].[c-]1ccccc1. The summed E-state index contributed by atoms with van der Waals surface area (Å²) in [5, 5.41) is 1.21. The molecule has 3 aliphatic heterocycles. The standard InChI is InChI=1S/C20H27NO3.C16H28N2O4.C6H5.C4H8O.BrH.Mg.6H2S/c1-20(2,3)24-19(23)21-16-12-8-7-11-15(16)13-17(21)18(22)14-9-5-4-6-10-14;1-16(2,3)22-15(20)18-12-9-7-6-8-11(12)10-13(18)14(19)17(4)21-5;1-2-4-6-5-3-1;1-2-4-5-3-1;;;;;;;;/h4-6,9-10,15-17H,7-8,11-13H2,1-3H3;11-13H,6-10H2,1-5H3;1-5H;1-4H2;1H;;6*1H2/q;;-1;;;+2;;;;;;/p-1/t15-,16-,17-;11-,12-,13-;;;;;;;;;;/m00........../s1. The maximum atomic E-state index is 13.0. The fourth-order valence-electron chi connectivity index (χ4n) is 8.48. The number of rotatable bonds is 4. The van der Waals surface area contributed by atoms with Crippen LogP contribution < -0.4 is 17.0 Å². The molecule has 3 amide bonds. The average Bonchev–Trinajstić information content (AvgIpc) is 3.98. The monoisotopic (exact) mass is 1100 g/mol. The number of fused-ring (bicyclic) bond motifs is 2. The summed E-state index contributed by atoms with van der Waals surface area (Å²) in [5.74, 6) is 0.669. The molecule has 5 aliphatic rings. The zero-order chi connectivity index (χ0) is 41.6. The Labute approximate surface area is 459 Å². The van der Waals surface area contributed by atoms with Crippen molar-refractivity contribution in [3.63, 3.8) is 0 Å². The Hall–Kier alpha value is -0.614. The van der Waals surface area contributed by atoms with Crippen molar-refractivity contribution in [1.82, 2.24) is 14.9 Å². The quantitative estimate of drug-likeness (QED) is 0.146. The van der Waals surface area contributed by atoms with Crippen molar-refractivity contribution in [2.24, 2.45) is 11.8 Å². The molecule has 0 radical (unpaired) electrons. The van der Waals surface area contributed by atoms with Gasteiger partial charge in [-0.2, -0.15) is 117 Å². The largest absolute Gasteiger partial charge is 2.00 e. The predicted octanol–water partition coefficient (Wildman–Crippen LogP) is 6.60. The molecule has 3 saturated heterocycles. The average molecular weight is 1100 g/mol. The molecule has 2 aromatic carbocycles. The molecule has 2 aliphatic carbocycles. The zero-order valence-electron chi connectivity index (χ0n) is 39.8. The number of likely N-dealkylation sites (N-methyl/N-ethyl adjacent to an activating group) is 1. The molecule has 6 atom stereocenters. The molecular weight excluding hydrogens is 1020 g/mol. The molecule has 0 aromatic heterocycles. The number of halogens is 1. The summed E-state index contributed by atoms with van der Waals surface area (Å²) in [7, 11) is 3.04. The molecule has 5 fully saturated rings. The van der Waals surface area contributed by atoms with Crippen LogP contribution in [0.15, 0.2) is 60.7 Å². The first kappa shape index (κ1) is 73.4. The summed E-state index contributed by atoms with van der Waals surface area (Å²) in [5.41, 5.74) is -0.441. The first-order chi connectivity index (χ1) is 27.1. The van der Waals surface area contributed by atoms with Crippen LogP contribution in [0.3, 0.4) is 0 Å². The van der Waals surface area contributed by atoms with E-state index in [1.54, 1.807) is 16.8 Å². The van der Waals surface area contributed by atoms with Crippen LogP contribution in [0.4, 0.5) is 9.59 Å². The van der Waals surface area contributed by atoms with Crippen molar-refractivity contribution in [1.29, 1.82) is 0 Å². The summed E-state index contributed by atoms with van der Waals surface area (Å²) in [6.45, 7) is 13.1. The minimum atomic E-state index is -0.565. The van der Waals surface area contributed by atoms with E-state index in [9.17, 15) is 19.2 Å². The number of hydrogen-bond donors (Lipinski definition) is 0. The maximum absolute atomic E-state index is 13.0. The number of ketones is 1. The van der Waals surface area contributed by atoms with Crippen molar-refractivity contribution in [3.05, 3.63) is 72.3 Å². The van der Waals surface area contributed by atoms with Gasteiger partial charge in [-0.1, -0.05) is 56.0 Å². The Bertz CT molecular complexity index is 1550. The minimum absolute atomic E-state index is 0. The molecule has 65 heavy (non-hydrogen) atoms. The number of ether oxygens (including phenoxy) is 3. The van der Waals surface area contributed by atoms with Gasteiger partial charge in [-0.3, -0.25) is 24.2 Å². The van der Waals surface area contributed by atoms with Crippen molar-refractivity contribution in [2.75, 3.05) is 27.4 Å². The zero-order valence-corrected chi connectivity index (χ0v) is 48.8. The third kappa shape index (κ3) is 23.7. The topological polar surface area (TPSA) is 115 Å². The molecule has 11 nitrogen and oxygen atoms in total. The van der Waals surface area contributed by atoms with Gasteiger partial charge in [0.05, 0.1) is 13.2 Å². The second kappa shape index (κ2) is 36.3. The van der Waals surface area contributed by atoms with E-state index in [0.29, 0.717) is 23.8 Å². The van der Waals surface area contributed by atoms with Crippen LogP contribution in [0.2, 0.25) is 0 Å². The molecule has 3 heterocycles. The third-order valence-corrected chi connectivity index (χ3v) is 11.0. The molecule has 7 rings (SSSR count). The molecule has 0 unspecified atom stereocenters. The van der Waals surface area contributed by atoms with Gasteiger partial charge < -0.3 is 31.2 Å². The first-order valence-corrected chi connectivity index (χ1v) is 21.0. The second-order valence-electron chi connectivity index (χ2n) is 17.6. The van der Waals surface area contributed by atoms with Crippen molar-refractivity contribution in [3.8, 4) is 0 Å². The van der Waals surface area contributed by atoms with E-state index in [1.165, 1.54) is 37.9 Å². The molecular formula is C46H80BrMgN3O8S6. The van der Waals surface area contributed by atoms with E-state index in [1.807, 2.05) is 102 Å². The third-order valence-electron chi connectivity index (χ3n) is 11.0. The number of benzene rings is 2. The van der Waals surface area contributed by atoms with Gasteiger partial charge in [0.25, 0.3) is 5.91 Å². The number of carbonyl (C=O) groups is 4. The van der Waals surface area contributed by atoms with Gasteiger partial charge in [0.2, 0.25) is 0 Å². The van der Waals surface area contributed by atoms with E-state index < -0.39 is 23.3 Å². The van der Waals surface area contributed by atoms with Gasteiger partial charge in [0.15, 0.2) is 5.78 Å². The molecule has 19 heteroatoms. The van der Waals surface area contributed by atoms with Crippen LogP contribution in [0.25, 0.3) is 0 Å². The molecule has 0 bridgehead atoms. The molecule has 0 spiro atoms. The van der Waals surface area contributed by atoms with Gasteiger partial charge in [-0.05, 0) is 105 Å². The fourth-order valence-corrected chi connectivity index (χ4v) is 8.48. The maximum Gasteiger partial charge on any atom is 2.00 e. The van der Waals surface area contributed by atoms with Gasteiger partial charge in [0.1, 0.15) is 17.2 Å². The number of hydroxylamine groups is 2. The van der Waals surface area contributed by atoms with Crippen molar-refractivity contribution < 1.29 is 55.2 Å². The van der Waals surface area contributed by atoms with Crippen LogP contribution in [0, 0.1) is 17.9 Å². The Balaban J connectivity index is -0.000000271. The summed E-state index contributed by atoms with van der Waals surface area (Å²) in [4.78, 5) is 59.5. The van der Waals surface area contributed by atoms with E-state index in [0.717, 1.165) is 58.2 Å². The van der Waals surface area contributed by atoms with E-state index in [4.69, 9.17) is 19.0 Å². The number of amides is 3. The van der Waals surface area contributed by atoms with E-state index in [2.05, 4.69) is 6.07 Å².